The van der Waals surface area contributed by atoms with Gasteiger partial charge in [0.25, 0.3) is 0 Å². The predicted molar refractivity (Wildman–Crippen MR) is 81.7 cm³/mol. The fraction of sp³-hybridized carbons (Fsp3) is 0.875. The van der Waals surface area contributed by atoms with Gasteiger partial charge in [-0.2, -0.15) is 0 Å². The number of aromatic nitrogens is 3. The molecule has 0 radical (unpaired) electrons. The Balaban J connectivity index is 1.57. The van der Waals surface area contributed by atoms with E-state index in [0.717, 1.165) is 31.2 Å². The van der Waals surface area contributed by atoms with Gasteiger partial charge in [-0.15, -0.1) is 5.10 Å². The van der Waals surface area contributed by atoms with Gasteiger partial charge in [0.2, 0.25) is 0 Å². The molecule has 1 spiro atoms. The van der Waals surface area contributed by atoms with Crippen molar-refractivity contribution < 1.29 is 0 Å². The van der Waals surface area contributed by atoms with Crippen molar-refractivity contribution in [1.29, 1.82) is 0 Å². The summed E-state index contributed by atoms with van der Waals surface area (Å²) in [5.41, 5.74) is 1.78. The topological polar surface area (TPSA) is 46.0 Å². The van der Waals surface area contributed by atoms with Crippen LogP contribution in [0.5, 0.6) is 0 Å². The van der Waals surface area contributed by atoms with Crippen LogP contribution in [-0.4, -0.2) is 44.1 Å². The maximum absolute atomic E-state index is 4.32. The normalized spacial score (nSPS) is 32.9. The molecule has 0 amide bonds. The summed E-state index contributed by atoms with van der Waals surface area (Å²) in [5.74, 6) is 0.876. The van der Waals surface area contributed by atoms with Gasteiger partial charge in [-0.05, 0) is 38.5 Å². The molecule has 0 aromatic carbocycles. The van der Waals surface area contributed by atoms with Gasteiger partial charge < -0.3 is 5.32 Å². The highest BCUT2D eigenvalue weighted by atomic mass is 15.4. The van der Waals surface area contributed by atoms with Crippen LogP contribution in [0.25, 0.3) is 0 Å². The third kappa shape index (κ3) is 2.40. The lowest BCUT2D eigenvalue weighted by atomic mass is 9.83. The Kier molecular flexibility index (Phi) is 3.12. The monoisotopic (exact) mass is 289 g/mol. The van der Waals surface area contributed by atoms with Gasteiger partial charge in [0, 0.05) is 44.0 Å². The standard InChI is InChI=1S/C16H27N5/c1-15(13-5-6-13)12-21(10-14-9-20(2)19-18-14)16(11-17-15)7-3-4-8-16/h9,13,17H,3-8,10-12H2,1-2H3. The lowest BCUT2D eigenvalue weighted by Crippen LogP contribution is -2.68. The lowest BCUT2D eigenvalue weighted by Gasteiger charge is -2.52. The van der Waals surface area contributed by atoms with Crippen molar-refractivity contribution in [3.63, 3.8) is 0 Å². The molecule has 5 nitrogen and oxygen atoms in total. The van der Waals surface area contributed by atoms with Gasteiger partial charge in [-0.25, -0.2) is 0 Å². The Morgan fingerprint density at radius 2 is 2.10 bits per heavy atom. The second kappa shape index (κ2) is 4.78. The van der Waals surface area contributed by atoms with Crippen molar-refractivity contribution in [2.75, 3.05) is 13.1 Å². The molecular weight excluding hydrogens is 262 g/mol. The third-order valence-electron chi connectivity index (χ3n) is 6.03. The van der Waals surface area contributed by atoms with E-state index in [9.17, 15) is 0 Å². The van der Waals surface area contributed by atoms with Crippen molar-refractivity contribution in [1.82, 2.24) is 25.2 Å². The minimum absolute atomic E-state index is 0.302. The summed E-state index contributed by atoms with van der Waals surface area (Å²) >= 11 is 0. The molecule has 5 heteroatoms. The molecule has 1 aliphatic heterocycles. The van der Waals surface area contributed by atoms with Crippen molar-refractivity contribution in [2.24, 2.45) is 13.0 Å². The first kappa shape index (κ1) is 13.7. The predicted octanol–water partition coefficient (Wildman–Crippen LogP) is 1.70. The molecule has 116 valence electrons. The average Bonchev–Trinajstić information content (AvgIpc) is 3.10. The Morgan fingerprint density at radius 1 is 1.33 bits per heavy atom. The van der Waals surface area contributed by atoms with Crippen LogP contribution in [0.3, 0.4) is 0 Å². The number of nitrogens with one attached hydrogen (secondary N) is 1. The van der Waals surface area contributed by atoms with Crippen LogP contribution in [0, 0.1) is 5.92 Å². The van der Waals surface area contributed by atoms with Gasteiger partial charge in [0.05, 0.1) is 5.69 Å². The van der Waals surface area contributed by atoms with Gasteiger partial charge in [-0.3, -0.25) is 9.58 Å². The van der Waals surface area contributed by atoms with E-state index in [0.29, 0.717) is 11.1 Å². The molecule has 4 rings (SSSR count). The van der Waals surface area contributed by atoms with Crippen LogP contribution < -0.4 is 5.32 Å². The summed E-state index contributed by atoms with van der Waals surface area (Å²) in [5, 5.41) is 12.4. The van der Waals surface area contributed by atoms with Crippen molar-refractivity contribution in [2.45, 2.75) is 63.1 Å². The Bertz CT molecular complexity index is 514. The first-order chi connectivity index (χ1) is 10.1. The molecule has 1 N–H and O–H groups in total. The molecule has 1 unspecified atom stereocenters. The van der Waals surface area contributed by atoms with Crippen LogP contribution in [0.4, 0.5) is 0 Å². The zero-order valence-corrected chi connectivity index (χ0v) is 13.3. The molecule has 1 atom stereocenters. The van der Waals surface area contributed by atoms with E-state index in [1.807, 2.05) is 11.7 Å². The van der Waals surface area contributed by atoms with Crippen molar-refractivity contribution >= 4 is 0 Å². The van der Waals surface area contributed by atoms with E-state index in [1.54, 1.807) is 0 Å². The number of piperazine rings is 1. The van der Waals surface area contributed by atoms with Crippen LogP contribution >= 0.6 is 0 Å². The SMILES string of the molecule is Cn1cc(CN2CC(C)(C3CC3)NCC23CCCC3)nn1. The first-order valence-electron chi connectivity index (χ1n) is 8.45. The smallest absolute Gasteiger partial charge is 0.0967 e. The second-order valence-corrected chi connectivity index (χ2v) is 7.72. The second-order valence-electron chi connectivity index (χ2n) is 7.72. The number of rotatable bonds is 3. The maximum Gasteiger partial charge on any atom is 0.0967 e. The number of hydrogen-bond donors (Lipinski definition) is 1. The third-order valence-corrected chi connectivity index (χ3v) is 6.03. The Morgan fingerprint density at radius 3 is 2.71 bits per heavy atom. The minimum atomic E-state index is 0.302. The van der Waals surface area contributed by atoms with Crippen LogP contribution in [0.1, 0.15) is 51.1 Å². The summed E-state index contributed by atoms with van der Waals surface area (Å²) in [6.07, 6.45) is 10.3. The zero-order valence-electron chi connectivity index (χ0n) is 13.3. The molecule has 1 saturated heterocycles. The molecule has 2 aliphatic carbocycles. The largest absolute Gasteiger partial charge is 0.308 e. The molecule has 0 bridgehead atoms. The molecule has 2 saturated carbocycles. The Labute approximate surface area is 127 Å². The van der Waals surface area contributed by atoms with Crippen LogP contribution in [-0.2, 0) is 13.6 Å². The van der Waals surface area contributed by atoms with E-state index >= 15 is 0 Å². The number of nitrogens with zero attached hydrogens (tertiary/aromatic N) is 4. The summed E-state index contributed by atoms with van der Waals surface area (Å²) in [4.78, 5) is 2.73. The molecular formula is C16H27N5. The molecule has 1 aromatic rings. The van der Waals surface area contributed by atoms with Gasteiger partial charge in [0.15, 0.2) is 0 Å². The first-order valence-corrected chi connectivity index (χ1v) is 8.45. The number of aryl methyl sites for hydroxylation is 1. The minimum Gasteiger partial charge on any atom is -0.308 e. The average molecular weight is 289 g/mol. The summed E-state index contributed by atoms with van der Waals surface area (Å²) < 4.78 is 1.82. The maximum atomic E-state index is 4.32. The summed E-state index contributed by atoms with van der Waals surface area (Å²) in [6.45, 7) is 5.70. The highest BCUT2D eigenvalue weighted by molar-refractivity contribution is 5.11. The van der Waals surface area contributed by atoms with Gasteiger partial charge in [0.1, 0.15) is 0 Å². The highest BCUT2D eigenvalue weighted by Gasteiger charge is 2.51. The Hall–Kier alpha value is -0.940. The summed E-state index contributed by atoms with van der Waals surface area (Å²) in [6, 6.07) is 0. The van der Waals surface area contributed by atoms with Gasteiger partial charge >= 0.3 is 0 Å². The van der Waals surface area contributed by atoms with E-state index in [-0.39, 0.29) is 0 Å². The fourth-order valence-corrected chi connectivity index (χ4v) is 4.51. The molecule has 21 heavy (non-hydrogen) atoms. The highest BCUT2D eigenvalue weighted by Crippen LogP contribution is 2.46. The summed E-state index contributed by atoms with van der Waals surface area (Å²) in [7, 11) is 1.95. The van der Waals surface area contributed by atoms with E-state index in [1.165, 1.54) is 38.5 Å². The molecule has 1 aromatic heterocycles. The quantitative estimate of drug-likeness (QED) is 0.920. The van der Waals surface area contributed by atoms with Gasteiger partial charge in [-0.1, -0.05) is 18.1 Å². The van der Waals surface area contributed by atoms with E-state index in [4.69, 9.17) is 0 Å². The molecule has 3 aliphatic rings. The van der Waals surface area contributed by atoms with Crippen LogP contribution in [0.15, 0.2) is 6.20 Å². The van der Waals surface area contributed by atoms with E-state index < -0.39 is 0 Å². The van der Waals surface area contributed by atoms with Crippen molar-refractivity contribution in [3.8, 4) is 0 Å². The van der Waals surface area contributed by atoms with Crippen molar-refractivity contribution in [3.05, 3.63) is 11.9 Å². The zero-order chi connectivity index (χ0) is 14.5. The van der Waals surface area contributed by atoms with Crippen LogP contribution in [0.2, 0.25) is 0 Å². The number of hydrogen-bond acceptors (Lipinski definition) is 4. The fourth-order valence-electron chi connectivity index (χ4n) is 4.51. The van der Waals surface area contributed by atoms with E-state index in [2.05, 4.69) is 33.6 Å². The molecule has 2 heterocycles. The lowest BCUT2D eigenvalue weighted by molar-refractivity contribution is -0.00153. The molecule has 3 fully saturated rings.